The van der Waals surface area contributed by atoms with Crippen molar-refractivity contribution < 1.29 is 13.9 Å². The molecule has 5 rings (SSSR count). The number of hydrogen-bond donors (Lipinski definition) is 0. The summed E-state index contributed by atoms with van der Waals surface area (Å²) in [4.78, 5) is 18.5. The normalized spacial score (nSPS) is 16.1. The van der Waals surface area contributed by atoms with Crippen LogP contribution in [0.1, 0.15) is 23.1 Å². The number of nitrogens with zero attached hydrogens (tertiary/aromatic N) is 3. The van der Waals surface area contributed by atoms with E-state index in [1.165, 1.54) is 5.01 Å². The third kappa shape index (κ3) is 3.46. The predicted molar refractivity (Wildman–Crippen MR) is 116 cm³/mol. The number of halogens is 1. The van der Waals surface area contributed by atoms with Crippen LogP contribution in [0.25, 0.3) is 10.9 Å². The first kappa shape index (κ1) is 18.8. The molecule has 0 fully saturated rings. The molecule has 1 atom stereocenters. The Morgan fingerprint density at radius 1 is 1.23 bits per heavy atom. The van der Waals surface area contributed by atoms with E-state index in [0.717, 1.165) is 16.0 Å². The number of aromatic nitrogens is 1. The summed E-state index contributed by atoms with van der Waals surface area (Å²) in [6.07, 6.45) is 3.86. The number of rotatable bonds is 5. The zero-order chi connectivity index (χ0) is 20.5. The number of carbonyl (C=O) groups excluding carboxylic acids is 1. The number of ether oxygens (including phenoxy) is 1. The van der Waals surface area contributed by atoms with Crippen molar-refractivity contribution in [1.82, 2.24) is 9.99 Å². The molecular formula is C22H16ClN3O3S. The van der Waals surface area contributed by atoms with E-state index >= 15 is 0 Å². The molecule has 1 aliphatic rings. The van der Waals surface area contributed by atoms with Crippen LogP contribution < -0.4 is 4.74 Å². The lowest BCUT2D eigenvalue weighted by Gasteiger charge is -2.21. The van der Waals surface area contributed by atoms with Crippen LogP contribution in [0.15, 0.2) is 75.9 Å². The SMILES string of the molecule is O=C(COc1ccc(Cl)c2cccnc12)N1N=C(c2ccco2)CC1c1cccs1. The summed E-state index contributed by atoms with van der Waals surface area (Å²) >= 11 is 7.84. The Labute approximate surface area is 181 Å². The van der Waals surface area contributed by atoms with Gasteiger partial charge < -0.3 is 9.15 Å². The second kappa shape index (κ2) is 7.93. The van der Waals surface area contributed by atoms with Gasteiger partial charge in [0.05, 0.1) is 17.3 Å². The fourth-order valence-electron chi connectivity index (χ4n) is 3.47. The fourth-order valence-corrected chi connectivity index (χ4v) is 4.50. The number of hydrogen-bond acceptors (Lipinski definition) is 6. The van der Waals surface area contributed by atoms with Crippen LogP contribution in [0.2, 0.25) is 5.02 Å². The monoisotopic (exact) mass is 437 g/mol. The lowest BCUT2D eigenvalue weighted by atomic mass is 10.1. The first-order valence-electron chi connectivity index (χ1n) is 9.33. The second-order valence-corrected chi connectivity index (χ2v) is 8.12. The molecule has 6 nitrogen and oxygen atoms in total. The quantitative estimate of drug-likeness (QED) is 0.425. The van der Waals surface area contributed by atoms with Crippen molar-refractivity contribution in [2.24, 2.45) is 5.10 Å². The van der Waals surface area contributed by atoms with Crippen LogP contribution in [-0.2, 0) is 4.79 Å². The number of fused-ring (bicyclic) bond motifs is 1. The zero-order valence-electron chi connectivity index (χ0n) is 15.7. The number of amides is 1. The molecule has 0 bridgehead atoms. The van der Waals surface area contributed by atoms with Crippen molar-refractivity contribution in [1.29, 1.82) is 0 Å². The molecule has 1 aromatic carbocycles. The average Bonchev–Trinajstić information content (AvgIpc) is 3.54. The third-order valence-corrected chi connectivity index (χ3v) is 6.18. The molecule has 0 radical (unpaired) electrons. The predicted octanol–water partition coefficient (Wildman–Crippen LogP) is 5.30. The molecule has 4 aromatic rings. The van der Waals surface area contributed by atoms with Crippen LogP contribution in [0.5, 0.6) is 5.75 Å². The zero-order valence-corrected chi connectivity index (χ0v) is 17.3. The van der Waals surface area contributed by atoms with Gasteiger partial charge in [-0.3, -0.25) is 9.78 Å². The number of benzene rings is 1. The Morgan fingerprint density at radius 3 is 2.97 bits per heavy atom. The third-order valence-electron chi connectivity index (χ3n) is 4.87. The van der Waals surface area contributed by atoms with Gasteiger partial charge in [0.15, 0.2) is 6.61 Å². The molecule has 0 N–H and O–H groups in total. The van der Waals surface area contributed by atoms with Crippen LogP contribution in [0.3, 0.4) is 0 Å². The van der Waals surface area contributed by atoms with Crippen molar-refractivity contribution in [3.05, 3.63) is 82.0 Å². The number of carbonyl (C=O) groups is 1. The molecular weight excluding hydrogens is 422 g/mol. The topological polar surface area (TPSA) is 67.9 Å². The highest BCUT2D eigenvalue weighted by Gasteiger charge is 2.34. The molecule has 0 saturated heterocycles. The fraction of sp³-hybridized carbons (Fsp3) is 0.136. The molecule has 0 saturated carbocycles. The highest BCUT2D eigenvalue weighted by Crippen LogP contribution is 2.35. The van der Waals surface area contributed by atoms with Gasteiger partial charge in [-0.25, -0.2) is 5.01 Å². The highest BCUT2D eigenvalue weighted by atomic mass is 35.5. The maximum Gasteiger partial charge on any atom is 0.281 e. The van der Waals surface area contributed by atoms with E-state index in [1.54, 1.807) is 35.9 Å². The Hall–Kier alpha value is -3.16. The summed E-state index contributed by atoms with van der Waals surface area (Å²) in [5.41, 5.74) is 1.36. The second-order valence-electron chi connectivity index (χ2n) is 6.73. The molecule has 1 aliphatic heterocycles. The highest BCUT2D eigenvalue weighted by molar-refractivity contribution is 7.10. The Morgan fingerprint density at radius 2 is 2.17 bits per heavy atom. The molecule has 0 aliphatic carbocycles. The van der Waals surface area contributed by atoms with Crippen molar-refractivity contribution in [3.63, 3.8) is 0 Å². The van der Waals surface area contributed by atoms with Crippen molar-refractivity contribution in [2.75, 3.05) is 6.61 Å². The lowest BCUT2D eigenvalue weighted by molar-refractivity contribution is -0.135. The van der Waals surface area contributed by atoms with E-state index in [4.69, 9.17) is 20.8 Å². The molecule has 1 amide bonds. The van der Waals surface area contributed by atoms with E-state index in [-0.39, 0.29) is 18.6 Å². The van der Waals surface area contributed by atoms with Gasteiger partial charge >= 0.3 is 0 Å². The smallest absolute Gasteiger partial charge is 0.281 e. The minimum absolute atomic E-state index is 0.163. The average molecular weight is 438 g/mol. The Kier molecular flexibility index (Phi) is 4.98. The van der Waals surface area contributed by atoms with E-state index in [9.17, 15) is 4.79 Å². The van der Waals surface area contributed by atoms with E-state index in [0.29, 0.717) is 28.5 Å². The summed E-state index contributed by atoms with van der Waals surface area (Å²) in [5, 5.41) is 9.40. The van der Waals surface area contributed by atoms with Gasteiger partial charge in [-0.1, -0.05) is 17.7 Å². The molecule has 30 heavy (non-hydrogen) atoms. The molecule has 8 heteroatoms. The van der Waals surface area contributed by atoms with Crippen LogP contribution in [0, 0.1) is 0 Å². The first-order chi connectivity index (χ1) is 14.7. The van der Waals surface area contributed by atoms with Gasteiger partial charge in [-0.2, -0.15) is 5.10 Å². The summed E-state index contributed by atoms with van der Waals surface area (Å²) in [7, 11) is 0. The Balaban J connectivity index is 1.39. The van der Waals surface area contributed by atoms with Gasteiger partial charge in [-0.15, -0.1) is 11.3 Å². The van der Waals surface area contributed by atoms with Gasteiger partial charge in [0.25, 0.3) is 5.91 Å². The largest absolute Gasteiger partial charge is 0.481 e. The van der Waals surface area contributed by atoms with Crippen LogP contribution >= 0.6 is 22.9 Å². The summed E-state index contributed by atoms with van der Waals surface area (Å²) < 4.78 is 11.3. The summed E-state index contributed by atoms with van der Waals surface area (Å²) in [6, 6.07) is 14.6. The number of thiophene rings is 1. The van der Waals surface area contributed by atoms with Crippen LogP contribution in [0.4, 0.5) is 0 Å². The standard InChI is InChI=1S/C22H16ClN3O3S/c23-15-7-8-19(22-14(15)4-1-9-24-22)29-13-21(27)26-17(20-6-3-11-30-20)12-16(25-26)18-5-2-10-28-18/h1-11,17H,12-13H2. The van der Waals surface area contributed by atoms with Crippen molar-refractivity contribution >= 4 is 45.5 Å². The minimum Gasteiger partial charge on any atom is -0.481 e. The summed E-state index contributed by atoms with van der Waals surface area (Å²) in [6.45, 7) is -0.163. The molecule has 4 heterocycles. The lowest BCUT2D eigenvalue weighted by Crippen LogP contribution is -2.31. The van der Waals surface area contributed by atoms with Crippen molar-refractivity contribution in [3.8, 4) is 5.75 Å². The van der Waals surface area contributed by atoms with Gasteiger partial charge in [-0.05, 0) is 47.8 Å². The first-order valence-corrected chi connectivity index (χ1v) is 10.6. The minimum atomic E-state index is -0.242. The summed E-state index contributed by atoms with van der Waals surface area (Å²) in [5.74, 6) is 0.931. The molecule has 1 unspecified atom stereocenters. The Bertz CT molecular complexity index is 1220. The van der Waals surface area contributed by atoms with Gasteiger partial charge in [0.2, 0.25) is 0 Å². The maximum absolute atomic E-state index is 13.1. The number of hydrazone groups is 1. The van der Waals surface area contributed by atoms with Crippen LogP contribution in [-0.4, -0.2) is 28.2 Å². The van der Waals surface area contributed by atoms with Crippen molar-refractivity contribution in [2.45, 2.75) is 12.5 Å². The molecule has 0 spiro atoms. The van der Waals surface area contributed by atoms with Gasteiger partial charge in [0.1, 0.15) is 22.7 Å². The molecule has 3 aromatic heterocycles. The van der Waals surface area contributed by atoms with E-state index < -0.39 is 0 Å². The van der Waals surface area contributed by atoms with Gasteiger partial charge in [0, 0.05) is 22.9 Å². The number of pyridine rings is 1. The molecule has 150 valence electrons. The number of furan rings is 1. The van der Waals surface area contributed by atoms with E-state index in [2.05, 4.69) is 10.1 Å². The maximum atomic E-state index is 13.1. The van der Waals surface area contributed by atoms with E-state index in [1.807, 2.05) is 41.8 Å².